The molecule has 0 atom stereocenters. The van der Waals surface area contributed by atoms with E-state index in [-0.39, 0.29) is 11.2 Å². The fourth-order valence-electron chi connectivity index (χ4n) is 8.31. The van der Waals surface area contributed by atoms with Gasteiger partial charge >= 0.3 is 0 Å². The van der Waals surface area contributed by atoms with Gasteiger partial charge in [0.1, 0.15) is 0 Å². The molecule has 0 N–H and O–H groups in total. The van der Waals surface area contributed by atoms with Gasteiger partial charge in [-0.25, -0.2) is 0 Å². The average molecular weight is 379 g/mol. The zero-order valence-corrected chi connectivity index (χ0v) is 17.0. The Hall–Kier alpha value is 0.210. The Balaban J connectivity index is 1.27. The van der Waals surface area contributed by atoms with Crippen LogP contribution in [-0.4, -0.2) is 16.4 Å². The van der Waals surface area contributed by atoms with Gasteiger partial charge in [-0.05, 0) is 119 Å². The summed E-state index contributed by atoms with van der Waals surface area (Å²) in [4.78, 5) is 0. The zero-order valence-electron chi connectivity index (χ0n) is 16.2. The van der Waals surface area contributed by atoms with Crippen molar-refractivity contribution in [3.63, 3.8) is 0 Å². The van der Waals surface area contributed by atoms with Gasteiger partial charge in [0.25, 0.3) is 0 Å². The quantitative estimate of drug-likeness (QED) is 0.385. The summed E-state index contributed by atoms with van der Waals surface area (Å²) in [5.41, 5.74) is 0.479. The fraction of sp³-hybridized carbons (Fsp3) is 1.00. The molecule has 6 aliphatic carbocycles. The van der Waals surface area contributed by atoms with Gasteiger partial charge in [-0.2, -0.15) is 0 Å². The summed E-state index contributed by atoms with van der Waals surface area (Å²) in [6.07, 6.45) is 20.5. The second-order valence-corrected chi connectivity index (χ2v) is 11.9. The molecule has 0 radical (unpaired) electrons. The standard InChI is InChI=1S/C23H35ClO2/c24-23(16-20-7-1-17(13-20)2-8-20,25-21-9-3-18(14-21)4-10-21)26-22-11-5-19(15-22)6-12-22/h17-19H,1-16H2. The van der Waals surface area contributed by atoms with Gasteiger partial charge in [-0.15, -0.1) is 0 Å². The van der Waals surface area contributed by atoms with Crippen molar-refractivity contribution >= 4 is 11.6 Å². The molecule has 0 aromatic heterocycles. The molecule has 146 valence electrons. The van der Waals surface area contributed by atoms with Crippen molar-refractivity contribution in [2.45, 2.75) is 119 Å². The molecule has 0 aromatic carbocycles. The molecule has 2 nitrogen and oxygen atoms in total. The van der Waals surface area contributed by atoms with E-state index in [1.807, 2.05) is 0 Å². The first-order valence-electron chi connectivity index (χ1n) is 11.6. The van der Waals surface area contributed by atoms with E-state index in [0.29, 0.717) is 5.41 Å². The van der Waals surface area contributed by atoms with Crippen LogP contribution in [-0.2, 0) is 9.47 Å². The normalized spacial score (nSPS) is 53.7. The van der Waals surface area contributed by atoms with Gasteiger partial charge in [0, 0.05) is 6.42 Å². The largest absolute Gasteiger partial charge is 0.331 e. The van der Waals surface area contributed by atoms with Crippen molar-refractivity contribution in [1.82, 2.24) is 0 Å². The molecule has 3 heteroatoms. The SMILES string of the molecule is ClC(CC12CCC(CC1)C2)(OC12CCC(CC1)C2)OC12CCC(CC1)C2. The maximum atomic E-state index is 7.40. The van der Waals surface area contributed by atoms with Crippen LogP contribution in [0.15, 0.2) is 0 Å². The number of rotatable bonds is 6. The lowest BCUT2D eigenvalue weighted by molar-refractivity contribution is -0.291. The maximum Gasteiger partial charge on any atom is 0.249 e. The van der Waals surface area contributed by atoms with Gasteiger partial charge in [0.2, 0.25) is 5.25 Å². The highest BCUT2D eigenvalue weighted by Crippen LogP contribution is 2.62. The number of halogens is 1. The van der Waals surface area contributed by atoms with E-state index in [9.17, 15) is 0 Å². The monoisotopic (exact) mass is 378 g/mol. The van der Waals surface area contributed by atoms with E-state index in [2.05, 4.69) is 0 Å². The molecule has 0 saturated heterocycles. The van der Waals surface area contributed by atoms with Crippen LogP contribution in [0.1, 0.15) is 103 Å². The third-order valence-electron chi connectivity index (χ3n) is 9.57. The number of hydrogen-bond donors (Lipinski definition) is 0. The number of hydrogen-bond acceptors (Lipinski definition) is 2. The number of ether oxygens (including phenoxy) is 2. The summed E-state index contributed by atoms with van der Waals surface area (Å²) in [7, 11) is 0. The highest BCUT2D eigenvalue weighted by Gasteiger charge is 2.58. The number of fused-ring (bicyclic) bond motifs is 6. The molecule has 0 aromatic rings. The Morgan fingerprint density at radius 1 is 0.654 bits per heavy atom. The third-order valence-corrected chi connectivity index (χ3v) is 9.85. The van der Waals surface area contributed by atoms with Gasteiger partial charge in [0.15, 0.2) is 0 Å². The topological polar surface area (TPSA) is 18.5 Å². The lowest BCUT2D eigenvalue weighted by Gasteiger charge is -2.45. The predicted molar refractivity (Wildman–Crippen MR) is 103 cm³/mol. The molecule has 26 heavy (non-hydrogen) atoms. The van der Waals surface area contributed by atoms with E-state index in [0.717, 1.165) is 24.2 Å². The third kappa shape index (κ3) is 2.72. The van der Waals surface area contributed by atoms with Crippen molar-refractivity contribution < 1.29 is 9.47 Å². The molecule has 0 aliphatic heterocycles. The van der Waals surface area contributed by atoms with Crippen LogP contribution in [0.2, 0.25) is 0 Å². The summed E-state index contributed by atoms with van der Waals surface area (Å²) in [5.74, 6) is 2.73. The van der Waals surface area contributed by atoms with Gasteiger partial charge in [0.05, 0.1) is 11.2 Å². The zero-order chi connectivity index (χ0) is 17.5. The summed E-state index contributed by atoms with van der Waals surface area (Å²) in [6.45, 7) is 0. The van der Waals surface area contributed by atoms with Crippen molar-refractivity contribution in [2.75, 3.05) is 0 Å². The molecule has 6 saturated carbocycles. The van der Waals surface area contributed by atoms with Crippen LogP contribution < -0.4 is 0 Å². The van der Waals surface area contributed by atoms with Gasteiger partial charge in [-0.1, -0.05) is 11.6 Å². The van der Waals surface area contributed by atoms with Crippen molar-refractivity contribution in [3.05, 3.63) is 0 Å². The Morgan fingerprint density at radius 3 is 1.42 bits per heavy atom. The van der Waals surface area contributed by atoms with Gasteiger partial charge < -0.3 is 9.47 Å². The summed E-state index contributed by atoms with van der Waals surface area (Å²) >= 11 is 7.40. The summed E-state index contributed by atoms with van der Waals surface area (Å²) in [5, 5.41) is -0.863. The highest BCUT2D eigenvalue weighted by molar-refractivity contribution is 6.22. The average Bonchev–Trinajstić information content (AvgIpc) is 3.41. The fourth-order valence-corrected chi connectivity index (χ4v) is 8.92. The van der Waals surface area contributed by atoms with Crippen LogP contribution in [0.25, 0.3) is 0 Å². The van der Waals surface area contributed by atoms with Crippen molar-refractivity contribution in [1.29, 1.82) is 0 Å². The first kappa shape index (κ1) is 17.1. The molecule has 0 heterocycles. The van der Waals surface area contributed by atoms with E-state index in [1.54, 1.807) is 0 Å². The molecule has 6 fully saturated rings. The van der Waals surface area contributed by atoms with E-state index < -0.39 is 5.25 Å². The lowest BCUT2D eigenvalue weighted by Crippen LogP contribution is -2.48. The smallest absolute Gasteiger partial charge is 0.249 e. The molecule has 6 bridgehead atoms. The Bertz CT molecular complexity index is 484. The van der Waals surface area contributed by atoms with Gasteiger partial charge in [-0.3, -0.25) is 0 Å². The highest BCUT2D eigenvalue weighted by atomic mass is 35.5. The molecular formula is C23H35ClO2. The number of alkyl halides is 1. The first-order valence-corrected chi connectivity index (χ1v) is 11.9. The Labute approximate surface area is 163 Å². The summed E-state index contributed by atoms with van der Waals surface area (Å²) < 4.78 is 13.9. The Morgan fingerprint density at radius 2 is 1.08 bits per heavy atom. The van der Waals surface area contributed by atoms with Crippen LogP contribution in [0.3, 0.4) is 0 Å². The summed E-state index contributed by atoms with van der Waals surface area (Å²) in [6, 6.07) is 0. The van der Waals surface area contributed by atoms with Crippen molar-refractivity contribution in [2.24, 2.45) is 23.2 Å². The van der Waals surface area contributed by atoms with Crippen LogP contribution in [0.5, 0.6) is 0 Å². The molecule has 0 amide bonds. The molecule has 6 aliphatic rings. The molecule has 6 rings (SSSR count). The maximum absolute atomic E-state index is 7.40. The van der Waals surface area contributed by atoms with E-state index >= 15 is 0 Å². The van der Waals surface area contributed by atoms with Crippen LogP contribution >= 0.6 is 11.6 Å². The second-order valence-electron chi connectivity index (χ2n) is 11.3. The minimum absolute atomic E-state index is 0.0346. The molecule has 0 unspecified atom stereocenters. The van der Waals surface area contributed by atoms with E-state index in [4.69, 9.17) is 21.1 Å². The second kappa shape index (κ2) is 5.63. The van der Waals surface area contributed by atoms with Crippen LogP contribution in [0, 0.1) is 23.2 Å². The van der Waals surface area contributed by atoms with E-state index in [1.165, 1.54) is 96.3 Å². The molecule has 0 spiro atoms. The lowest BCUT2D eigenvalue weighted by atomic mass is 9.80. The first-order chi connectivity index (χ1) is 12.5. The van der Waals surface area contributed by atoms with Crippen molar-refractivity contribution in [3.8, 4) is 0 Å². The minimum atomic E-state index is -0.863. The molecular weight excluding hydrogens is 344 g/mol. The van der Waals surface area contributed by atoms with Crippen LogP contribution in [0.4, 0.5) is 0 Å². The predicted octanol–water partition coefficient (Wildman–Crippen LogP) is 6.55. The minimum Gasteiger partial charge on any atom is -0.331 e. The Kier molecular flexibility index (Phi) is 3.71.